The number of nitrogens with one attached hydrogen (secondary N) is 1. The minimum atomic E-state index is 0.00644. The van der Waals surface area contributed by atoms with Crippen molar-refractivity contribution in [1.29, 1.82) is 0 Å². The number of carbonyl (C=O) groups excluding carboxylic acids is 1. The zero-order valence-electron chi connectivity index (χ0n) is 12.0. The van der Waals surface area contributed by atoms with Crippen molar-refractivity contribution in [1.82, 2.24) is 5.32 Å². The number of amides is 1. The van der Waals surface area contributed by atoms with Gasteiger partial charge in [0.25, 0.3) is 0 Å². The van der Waals surface area contributed by atoms with Crippen LogP contribution in [0.5, 0.6) is 0 Å². The molecule has 0 spiro atoms. The number of hydrogen-bond donors (Lipinski definition) is 2. The summed E-state index contributed by atoms with van der Waals surface area (Å²) in [4.78, 5) is 13.6. The largest absolute Gasteiger partial charge is 0.392 e. The highest BCUT2D eigenvalue weighted by Gasteiger charge is 2.45. The summed E-state index contributed by atoms with van der Waals surface area (Å²) in [5.41, 5.74) is 3.16. The number of aliphatic hydroxyl groups excluding tert-OH is 1. The molecule has 0 saturated heterocycles. The van der Waals surface area contributed by atoms with Gasteiger partial charge in [-0.25, -0.2) is 0 Å². The van der Waals surface area contributed by atoms with E-state index < -0.39 is 0 Å². The maximum absolute atomic E-state index is 12.2. The molecule has 1 heterocycles. The van der Waals surface area contributed by atoms with Gasteiger partial charge in [0.2, 0.25) is 5.91 Å². The molecule has 1 aromatic heterocycles. The Labute approximate surface area is 128 Å². The van der Waals surface area contributed by atoms with E-state index in [1.165, 1.54) is 10.4 Å². The lowest BCUT2D eigenvalue weighted by atomic mass is 10.1. The molecule has 3 rings (SSSR count). The van der Waals surface area contributed by atoms with Crippen molar-refractivity contribution in [2.24, 2.45) is 5.92 Å². The minimum Gasteiger partial charge on any atom is -0.392 e. The smallest absolute Gasteiger partial charge is 0.224 e. The normalized spacial score (nSPS) is 20.3. The quantitative estimate of drug-likeness (QED) is 0.892. The van der Waals surface area contributed by atoms with Gasteiger partial charge in [-0.05, 0) is 41.5 Å². The first-order chi connectivity index (χ1) is 10.2. The molecule has 3 nitrogen and oxygen atoms in total. The van der Waals surface area contributed by atoms with E-state index in [1.807, 2.05) is 24.3 Å². The van der Waals surface area contributed by atoms with Crippen molar-refractivity contribution in [2.45, 2.75) is 32.4 Å². The van der Waals surface area contributed by atoms with E-state index in [0.29, 0.717) is 12.5 Å². The molecule has 0 aliphatic heterocycles. The van der Waals surface area contributed by atoms with Crippen molar-refractivity contribution in [3.05, 3.63) is 57.3 Å². The average molecular weight is 301 g/mol. The van der Waals surface area contributed by atoms with E-state index in [4.69, 9.17) is 0 Å². The molecule has 21 heavy (non-hydrogen) atoms. The van der Waals surface area contributed by atoms with Crippen LogP contribution in [0, 0.1) is 12.8 Å². The number of rotatable bonds is 5. The van der Waals surface area contributed by atoms with Gasteiger partial charge in [-0.3, -0.25) is 4.79 Å². The Balaban J connectivity index is 1.58. The highest BCUT2D eigenvalue weighted by Crippen LogP contribution is 2.50. The van der Waals surface area contributed by atoms with E-state index in [0.717, 1.165) is 17.5 Å². The van der Waals surface area contributed by atoms with Gasteiger partial charge in [0, 0.05) is 23.3 Å². The Morgan fingerprint density at radius 2 is 2.10 bits per heavy atom. The standard InChI is InChI=1S/C17H19NO2S/c1-11-6-7-21-16(11)14-8-15(14)17(20)18-9-12-4-2-3-5-13(12)10-19/h2-7,14-15,19H,8-10H2,1H3,(H,18,20). The van der Waals surface area contributed by atoms with E-state index >= 15 is 0 Å². The molecule has 1 aliphatic carbocycles. The highest BCUT2D eigenvalue weighted by molar-refractivity contribution is 7.10. The lowest BCUT2D eigenvalue weighted by molar-refractivity contribution is -0.122. The maximum Gasteiger partial charge on any atom is 0.224 e. The van der Waals surface area contributed by atoms with Crippen molar-refractivity contribution >= 4 is 17.2 Å². The Hall–Kier alpha value is -1.65. The maximum atomic E-state index is 12.2. The second-order valence-electron chi connectivity index (χ2n) is 5.56. The number of aryl methyl sites for hydroxylation is 1. The SMILES string of the molecule is Cc1ccsc1C1CC1C(=O)NCc1ccccc1CO. The first-order valence-electron chi connectivity index (χ1n) is 7.20. The molecule has 2 atom stereocenters. The molecular weight excluding hydrogens is 282 g/mol. The molecule has 2 N–H and O–H groups in total. The summed E-state index contributed by atoms with van der Waals surface area (Å²) >= 11 is 1.75. The zero-order valence-corrected chi connectivity index (χ0v) is 12.8. The molecule has 0 bridgehead atoms. The predicted molar refractivity (Wildman–Crippen MR) is 84.1 cm³/mol. The van der Waals surface area contributed by atoms with Crippen LogP contribution in [0.1, 0.15) is 33.9 Å². The van der Waals surface area contributed by atoms with Gasteiger partial charge in [0.1, 0.15) is 0 Å². The molecule has 1 aliphatic rings. The fourth-order valence-corrected chi connectivity index (χ4v) is 3.84. The van der Waals surface area contributed by atoms with Gasteiger partial charge in [-0.15, -0.1) is 11.3 Å². The molecule has 0 radical (unpaired) electrons. The number of hydrogen-bond acceptors (Lipinski definition) is 3. The second-order valence-corrected chi connectivity index (χ2v) is 6.51. The van der Waals surface area contributed by atoms with Gasteiger partial charge < -0.3 is 10.4 Å². The monoisotopic (exact) mass is 301 g/mol. The number of thiophene rings is 1. The van der Waals surface area contributed by atoms with Crippen LogP contribution in [0.15, 0.2) is 35.7 Å². The molecule has 110 valence electrons. The van der Waals surface area contributed by atoms with Crippen LogP contribution < -0.4 is 5.32 Å². The van der Waals surface area contributed by atoms with Crippen LogP contribution >= 0.6 is 11.3 Å². The molecular formula is C17H19NO2S. The fraction of sp³-hybridized carbons (Fsp3) is 0.353. The first kappa shape index (κ1) is 14.3. The van der Waals surface area contributed by atoms with Gasteiger partial charge in [-0.1, -0.05) is 24.3 Å². The van der Waals surface area contributed by atoms with Crippen LogP contribution in [0.4, 0.5) is 0 Å². The fourth-order valence-electron chi connectivity index (χ4n) is 2.74. The van der Waals surface area contributed by atoms with Crippen LogP contribution in [0.3, 0.4) is 0 Å². The average Bonchev–Trinajstić information content (AvgIpc) is 3.19. The topological polar surface area (TPSA) is 49.3 Å². The van der Waals surface area contributed by atoms with E-state index in [2.05, 4.69) is 23.7 Å². The highest BCUT2D eigenvalue weighted by atomic mass is 32.1. The third-order valence-electron chi connectivity index (χ3n) is 4.11. The van der Waals surface area contributed by atoms with Crippen molar-refractivity contribution in [2.75, 3.05) is 0 Å². The molecule has 2 aromatic rings. The Morgan fingerprint density at radius 3 is 2.76 bits per heavy atom. The molecule has 1 aromatic carbocycles. The van der Waals surface area contributed by atoms with Gasteiger partial charge >= 0.3 is 0 Å². The lowest BCUT2D eigenvalue weighted by Crippen LogP contribution is -2.25. The third-order valence-corrected chi connectivity index (χ3v) is 5.26. The molecule has 1 saturated carbocycles. The van der Waals surface area contributed by atoms with Crippen molar-refractivity contribution in [3.8, 4) is 0 Å². The van der Waals surface area contributed by atoms with Crippen molar-refractivity contribution in [3.63, 3.8) is 0 Å². The second kappa shape index (κ2) is 6.00. The third kappa shape index (κ3) is 3.01. The van der Waals surface area contributed by atoms with Crippen LogP contribution in [0.2, 0.25) is 0 Å². The summed E-state index contributed by atoms with van der Waals surface area (Å²) in [5, 5.41) is 14.4. The first-order valence-corrected chi connectivity index (χ1v) is 8.08. The number of aliphatic hydroxyl groups is 1. The van der Waals surface area contributed by atoms with Crippen molar-refractivity contribution < 1.29 is 9.90 Å². The van der Waals surface area contributed by atoms with Gasteiger partial charge in [0.15, 0.2) is 0 Å². The lowest BCUT2D eigenvalue weighted by Gasteiger charge is -2.09. The molecule has 4 heteroatoms. The van der Waals surface area contributed by atoms with E-state index in [1.54, 1.807) is 11.3 Å². The van der Waals surface area contributed by atoms with Gasteiger partial charge in [-0.2, -0.15) is 0 Å². The summed E-state index contributed by atoms with van der Waals surface area (Å²) in [6.45, 7) is 2.60. The summed E-state index contributed by atoms with van der Waals surface area (Å²) in [7, 11) is 0. The van der Waals surface area contributed by atoms with Crippen LogP contribution in [-0.2, 0) is 17.9 Å². The van der Waals surface area contributed by atoms with Crippen LogP contribution in [-0.4, -0.2) is 11.0 Å². The zero-order chi connectivity index (χ0) is 14.8. The summed E-state index contributed by atoms with van der Waals surface area (Å²) in [6, 6.07) is 9.77. The molecule has 2 unspecified atom stereocenters. The van der Waals surface area contributed by atoms with E-state index in [9.17, 15) is 9.90 Å². The number of benzene rings is 1. The predicted octanol–water partition coefficient (Wildman–Crippen LogP) is 2.97. The summed E-state index contributed by atoms with van der Waals surface area (Å²) in [6.07, 6.45) is 0.953. The Kier molecular flexibility index (Phi) is 4.08. The molecule has 1 fully saturated rings. The number of carbonyl (C=O) groups is 1. The summed E-state index contributed by atoms with van der Waals surface area (Å²) < 4.78 is 0. The van der Waals surface area contributed by atoms with E-state index in [-0.39, 0.29) is 18.4 Å². The molecule has 1 amide bonds. The van der Waals surface area contributed by atoms with Crippen LogP contribution in [0.25, 0.3) is 0 Å². The Morgan fingerprint density at radius 1 is 1.33 bits per heavy atom. The Bertz CT molecular complexity index is 650. The minimum absolute atomic E-state index is 0.00644. The van der Waals surface area contributed by atoms with Gasteiger partial charge in [0.05, 0.1) is 6.61 Å². The summed E-state index contributed by atoms with van der Waals surface area (Å²) in [5.74, 6) is 0.641.